The van der Waals surface area contributed by atoms with Crippen LogP contribution in [0.2, 0.25) is 0 Å². The number of benzene rings is 1. The van der Waals surface area contributed by atoms with E-state index < -0.39 is 5.97 Å². The van der Waals surface area contributed by atoms with E-state index in [-0.39, 0.29) is 0 Å². The molecule has 0 saturated heterocycles. The lowest BCUT2D eigenvalue weighted by Gasteiger charge is -2.02. The maximum atomic E-state index is 11.2. The van der Waals surface area contributed by atoms with Crippen molar-refractivity contribution in [1.29, 1.82) is 0 Å². The molecule has 0 aliphatic heterocycles. The van der Waals surface area contributed by atoms with Crippen molar-refractivity contribution in [3.05, 3.63) is 42.0 Å². The first-order valence-corrected chi connectivity index (χ1v) is 6.24. The molecule has 1 aromatic carbocycles. The number of aliphatic carboxylic acids is 1. The highest BCUT2D eigenvalue weighted by Gasteiger charge is 2.08. The van der Waals surface area contributed by atoms with Crippen LogP contribution < -0.4 is 0 Å². The number of hydrogen-bond acceptors (Lipinski definition) is 1. The van der Waals surface area contributed by atoms with Crippen LogP contribution in [0.25, 0.3) is 5.57 Å². The standard InChI is InChI=1S/C15H20O2/c1-2-3-4-5-9-12-14(15(16)17)13-10-7-6-8-11-13/h6-8,10-12H,2-5,9H2,1H3,(H,16,17). The van der Waals surface area contributed by atoms with Crippen molar-refractivity contribution in [2.75, 3.05) is 0 Å². The van der Waals surface area contributed by atoms with E-state index in [1.165, 1.54) is 19.3 Å². The van der Waals surface area contributed by atoms with Gasteiger partial charge in [0.2, 0.25) is 0 Å². The van der Waals surface area contributed by atoms with Gasteiger partial charge in [-0.1, -0.05) is 62.6 Å². The maximum Gasteiger partial charge on any atom is 0.335 e. The summed E-state index contributed by atoms with van der Waals surface area (Å²) in [5.74, 6) is -0.841. The zero-order chi connectivity index (χ0) is 12.5. The minimum absolute atomic E-state index is 0.419. The Hall–Kier alpha value is -1.57. The molecule has 0 heterocycles. The van der Waals surface area contributed by atoms with E-state index in [2.05, 4.69) is 6.92 Å². The average Bonchev–Trinajstić information content (AvgIpc) is 2.34. The van der Waals surface area contributed by atoms with Crippen molar-refractivity contribution in [2.24, 2.45) is 0 Å². The zero-order valence-corrected chi connectivity index (χ0v) is 10.4. The van der Waals surface area contributed by atoms with Gasteiger partial charge in [0.25, 0.3) is 0 Å². The Kier molecular flexibility index (Phi) is 6.08. The summed E-state index contributed by atoms with van der Waals surface area (Å²) in [5.41, 5.74) is 1.21. The average molecular weight is 232 g/mol. The Balaban J connectivity index is 2.61. The summed E-state index contributed by atoms with van der Waals surface area (Å²) in [4.78, 5) is 11.2. The van der Waals surface area contributed by atoms with Gasteiger partial charge in [-0.05, 0) is 18.4 Å². The molecule has 0 spiro atoms. The Labute approximate surface area is 103 Å². The molecule has 2 heteroatoms. The molecule has 0 fully saturated rings. The summed E-state index contributed by atoms with van der Waals surface area (Å²) in [6.45, 7) is 2.17. The normalized spacial score (nSPS) is 11.5. The number of allylic oxidation sites excluding steroid dienone is 1. The maximum absolute atomic E-state index is 11.2. The van der Waals surface area contributed by atoms with E-state index in [0.717, 1.165) is 18.4 Å². The molecule has 0 amide bonds. The van der Waals surface area contributed by atoms with E-state index in [9.17, 15) is 4.79 Å². The van der Waals surface area contributed by atoms with E-state index in [1.54, 1.807) is 0 Å². The lowest BCUT2D eigenvalue weighted by molar-refractivity contribution is -0.130. The number of carbonyl (C=O) groups is 1. The van der Waals surface area contributed by atoms with Crippen molar-refractivity contribution >= 4 is 11.5 Å². The van der Waals surface area contributed by atoms with E-state index in [0.29, 0.717) is 5.57 Å². The van der Waals surface area contributed by atoms with Crippen LogP contribution in [0, 0.1) is 0 Å². The van der Waals surface area contributed by atoms with Crippen LogP contribution in [0.1, 0.15) is 44.6 Å². The van der Waals surface area contributed by atoms with E-state index >= 15 is 0 Å². The van der Waals surface area contributed by atoms with Crippen molar-refractivity contribution < 1.29 is 9.90 Å². The van der Waals surface area contributed by atoms with Gasteiger partial charge in [0.05, 0.1) is 5.57 Å². The van der Waals surface area contributed by atoms with Crippen LogP contribution >= 0.6 is 0 Å². The van der Waals surface area contributed by atoms with Crippen molar-refractivity contribution in [3.8, 4) is 0 Å². The lowest BCUT2D eigenvalue weighted by Crippen LogP contribution is -1.99. The van der Waals surface area contributed by atoms with Crippen LogP contribution in [-0.4, -0.2) is 11.1 Å². The second kappa shape index (κ2) is 7.66. The Morgan fingerprint density at radius 3 is 2.47 bits per heavy atom. The summed E-state index contributed by atoms with van der Waals surface area (Å²) in [5, 5.41) is 9.16. The molecule has 0 aromatic heterocycles. The smallest absolute Gasteiger partial charge is 0.335 e. The van der Waals surface area contributed by atoms with Gasteiger partial charge < -0.3 is 5.11 Å². The molecule has 0 radical (unpaired) electrons. The largest absolute Gasteiger partial charge is 0.478 e. The Bertz CT molecular complexity index is 366. The second-order valence-corrected chi connectivity index (χ2v) is 4.14. The quantitative estimate of drug-likeness (QED) is 0.567. The third kappa shape index (κ3) is 4.85. The fraction of sp³-hybridized carbons (Fsp3) is 0.400. The first-order valence-electron chi connectivity index (χ1n) is 6.24. The minimum Gasteiger partial charge on any atom is -0.478 e. The summed E-state index contributed by atoms with van der Waals surface area (Å²) in [6, 6.07) is 9.30. The van der Waals surface area contributed by atoms with Crippen molar-refractivity contribution in [2.45, 2.75) is 39.0 Å². The first kappa shape index (κ1) is 13.5. The van der Waals surface area contributed by atoms with Gasteiger partial charge in [-0.3, -0.25) is 0 Å². The lowest BCUT2D eigenvalue weighted by atomic mass is 10.0. The topological polar surface area (TPSA) is 37.3 Å². The summed E-state index contributed by atoms with van der Waals surface area (Å²) in [6.07, 6.45) is 7.35. The van der Waals surface area contributed by atoms with Gasteiger partial charge in [-0.15, -0.1) is 0 Å². The molecule has 0 unspecified atom stereocenters. The monoisotopic (exact) mass is 232 g/mol. The molecule has 1 aromatic rings. The predicted molar refractivity (Wildman–Crippen MR) is 70.8 cm³/mol. The van der Waals surface area contributed by atoms with E-state index in [1.807, 2.05) is 36.4 Å². The molecule has 0 aliphatic carbocycles. The third-order valence-electron chi connectivity index (χ3n) is 2.72. The SMILES string of the molecule is CCCCCCC=C(C(=O)O)c1ccccc1. The molecule has 1 rings (SSSR count). The van der Waals surface area contributed by atoms with Gasteiger partial charge in [0.15, 0.2) is 0 Å². The predicted octanol–water partition coefficient (Wildman–Crippen LogP) is 4.13. The fourth-order valence-corrected chi connectivity index (χ4v) is 1.76. The molecule has 17 heavy (non-hydrogen) atoms. The highest BCUT2D eigenvalue weighted by atomic mass is 16.4. The third-order valence-corrected chi connectivity index (χ3v) is 2.72. The number of hydrogen-bond donors (Lipinski definition) is 1. The van der Waals surface area contributed by atoms with Gasteiger partial charge in [-0.2, -0.15) is 0 Å². The molecule has 1 N–H and O–H groups in total. The number of carboxylic acid groups (broad SMARTS) is 1. The number of rotatable bonds is 7. The molecule has 0 atom stereocenters. The Morgan fingerprint density at radius 1 is 1.18 bits per heavy atom. The van der Waals surface area contributed by atoms with Gasteiger partial charge in [0.1, 0.15) is 0 Å². The summed E-state index contributed by atoms with van der Waals surface area (Å²) < 4.78 is 0. The molecule has 0 aliphatic rings. The first-order chi connectivity index (χ1) is 8.25. The summed E-state index contributed by atoms with van der Waals surface area (Å²) >= 11 is 0. The van der Waals surface area contributed by atoms with Gasteiger partial charge >= 0.3 is 5.97 Å². The molecule has 2 nitrogen and oxygen atoms in total. The van der Waals surface area contributed by atoms with E-state index in [4.69, 9.17) is 5.11 Å². The van der Waals surface area contributed by atoms with Crippen LogP contribution in [0.15, 0.2) is 36.4 Å². The fourth-order valence-electron chi connectivity index (χ4n) is 1.76. The molecule has 92 valence electrons. The van der Waals surface area contributed by atoms with Crippen LogP contribution in [0.3, 0.4) is 0 Å². The van der Waals surface area contributed by atoms with Crippen LogP contribution in [-0.2, 0) is 4.79 Å². The van der Waals surface area contributed by atoms with Gasteiger partial charge in [-0.25, -0.2) is 4.79 Å². The molecular weight excluding hydrogens is 212 g/mol. The molecule has 0 saturated carbocycles. The number of unbranched alkanes of at least 4 members (excludes halogenated alkanes) is 4. The minimum atomic E-state index is -0.841. The van der Waals surface area contributed by atoms with Crippen LogP contribution in [0.5, 0.6) is 0 Å². The number of carboxylic acids is 1. The van der Waals surface area contributed by atoms with Gasteiger partial charge in [0, 0.05) is 0 Å². The van der Waals surface area contributed by atoms with Crippen molar-refractivity contribution in [1.82, 2.24) is 0 Å². The highest BCUT2D eigenvalue weighted by molar-refractivity contribution is 6.15. The highest BCUT2D eigenvalue weighted by Crippen LogP contribution is 2.16. The summed E-state index contributed by atoms with van der Waals surface area (Å²) in [7, 11) is 0. The van der Waals surface area contributed by atoms with Crippen LogP contribution in [0.4, 0.5) is 0 Å². The van der Waals surface area contributed by atoms with Crippen molar-refractivity contribution in [3.63, 3.8) is 0 Å². The molecule has 0 bridgehead atoms. The molecular formula is C15H20O2. The zero-order valence-electron chi connectivity index (χ0n) is 10.4. The Morgan fingerprint density at radius 2 is 1.88 bits per heavy atom. The second-order valence-electron chi connectivity index (χ2n) is 4.14.